The SMILES string of the molecule is CCCCC(C(=O)Nc1cc(C)on1)N1CCn2c(nc(C)c2C)C1. The predicted octanol–water partition coefficient (Wildman–Crippen LogP) is 2.81. The summed E-state index contributed by atoms with van der Waals surface area (Å²) in [7, 11) is 0. The van der Waals surface area contributed by atoms with Crippen LogP contribution in [0.1, 0.15) is 49.2 Å². The van der Waals surface area contributed by atoms with E-state index in [1.807, 2.05) is 13.8 Å². The maximum atomic E-state index is 12.8. The lowest BCUT2D eigenvalue weighted by Crippen LogP contribution is -2.47. The molecule has 0 fully saturated rings. The van der Waals surface area contributed by atoms with Gasteiger partial charge in [-0.25, -0.2) is 4.98 Å². The van der Waals surface area contributed by atoms with E-state index < -0.39 is 0 Å². The van der Waals surface area contributed by atoms with Crippen LogP contribution in [0.25, 0.3) is 0 Å². The minimum atomic E-state index is -0.178. The van der Waals surface area contributed by atoms with Gasteiger partial charge in [-0.15, -0.1) is 0 Å². The second-order valence-corrected chi connectivity index (χ2v) is 6.79. The Balaban J connectivity index is 1.75. The lowest BCUT2D eigenvalue weighted by Gasteiger charge is -2.34. The monoisotopic (exact) mass is 345 g/mol. The summed E-state index contributed by atoms with van der Waals surface area (Å²) < 4.78 is 7.31. The van der Waals surface area contributed by atoms with Gasteiger partial charge < -0.3 is 14.4 Å². The van der Waals surface area contributed by atoms with Crippen molar-refractivity contribution in [2.45, 2.75) is 66.1 Å². The Morgan fingerprint density at radius 2 is 2.16 bits per heavy atom. The maximum absolute atomic E-state index is 12.8. The average Bonchev–Trinajstić information content (AvgIpc) is 3.11. The van der Waals surface area contributed by atoms with Crippen LogP contribution in [0.15, 0.2) is 10.6 Å². The molecule has 1 aliphatic heterocycles. The summed E-state index contributed by atoms with van der Waals surface area (Å²) in [4.78, 5) is 19.8. The first kappa shape index (κ1) is 17.7. The summed E-state index contributed by atoms with van der Waals surface area (Å²) in [6.45, 7) is 10.5. The molecule has 0 aliphatic carbocycles. The molecule has 0 saturated heterocycles. The molecule has 0 radical (unpaired) electrons. The molecule has 25 heavy (non-hydrogen) atoms. The highest BCUT2D eigenvalue weighted by atomic mass is 16.5. The van der Waals surface area contributed by atoms with Gasteiger partial charge >= 0.3 is 0 Å². The zero-order valence-electron chi connectivity index (χ0n) is 15.5. The highest BCUT2D eigenvalue weighted by Crippen LogP contribution is 2.21. The number of amides is 1. The topological polar surface area (TPSA) is 76.2 Å². The lowest BCUT2D eigenvalue weighted by atomic mass is 10.1. The molecule has 0 aromatic carbocycles. The van der Waals surface area contributed by atoms with Crippen LogP contribution in [-0.2, 0) is 17.9 Å². The number of hydrogen-bond acceptors (Lipinski definition) is 5. The van der Waals surface area contributed by atoms with Crippen molar-refractivity contribution < 1.29 is 9.32 Å². The van der Waals surface area contributed by atoms with Crippen LogP contribution in [-0.4, -0.2) is 38.1 Å². The summed E-state index contributed by atoms with van der Waals surface area (Å²) in [6.07, 6.45) is 2.91. The minimum Gasteiger partial charge on any atom is -0.360 e. The molecule has 1 aliphatic rings. The Hall–Kier alpha value is -2.15. The van der Waals surface area contributed by atoms with Crippen LogP contribution in [0.3, 0.4) is 0 Å². The quantitative estimate of drug-likeness (QED) is 0.871. The van der Waals surface area contributed by atoms with Crippen molar-refractivity contribution in [3.8, 4) is 0 Å². The summed E-state index contributed by atoms with van der Waals surface area (Å²) in [5.41, 5.74) is 2.30. The fourth-order valence-electron chi connectivity index (χ4n) is 3.41. The highest BCUT2D eigenvalue weighted by Gasteiger charge is 2.30. The standard InChI is InChI=1S/C18H27N5O2/c1-5-6-7-15(18(24)20-16-10-12(2)25-21-16)22-8-9-23-14(4)13(3)19-17(23)11-22/h10,15H,5-9,11H2,1-4H3,(H,20,21,24). The number of rotatable bonds is 6. The van der Waals surface area contributed by atoms with Gasteiger partial charge in [-0.1, -0.05) is 24.9 Å². The number of nitrogens with one attached hydrogen (secondary N) is 1. The summed E-state index contributed by atoms with van der Waals surface area (Å²) in [5, 5.41) is 6.77. The number of aromatic nitrogens is 3. The molecule has 7 heteroatoms. The van der Waals surface area contributed by atoms with Gasteiger partial charge in [0, 0.05) is 24.8 Å². The van der Waals surface area contributed by atoms with Gasteiger partial charge in [0.2, 0.25) is 5.91 Å². The molecule has 7 nitrogen and oxygen atoms in total. The molecule has 1 unspecified atom stereocenters. The minimum absolute atomic E-state index is 0.0183. The van der Waals surface area contributed by atoms with Gasteiger partial charge in [0.1, 0.15) is 11.6 Å². The molecule has 0 bridgehead atoms. The van der Waals surface area contributed by atoms with E-state index >= 15 is 0 Å². The summed E-state index contributed by atoms with van der Waals surface area (Å²) in [6, 6.07) is 1.56. The Kier molecular flexibility index (Phi) is 5.22. The number of aryl methyl sites for hydroxylation is 2. The zero-order valence-corrected chi connectivity index (χ0v) is 15.5. The van der Waals surface area contributed by atoms with E-state index in [0.717, 1.165) is 43.9 Å². The first-order valence-corrected chi connectivity index (χ1v) is 9.00. The van der Waals surface area contributed by atoms with E-state index in [9.17, 15) is 4.79 Å². The van der Waals surface area contributed by atoms with Crippen molar-refractivity contribution in [2.24, 2.45) is 0 Å². The van der Waals surface area contributed by atoms with Gasteiger partial charge in [-0.05, 0) is 27.2 Å². The smallest absolute Gasteiger partial charge is 0.242 e. The molecular weight excluding hydrogens is 318 g/mol. The van der Waals surface area contributed by atoms with E-state index in [1.54, 1.807) is 6.07 Å². The molecule has 1 N–H and O–H groups in total. The Morgan fingerprint density at radius 1 is 1.36 bits per heavy atom. The molecule has 2 aromatic heterocycles. The van der Waals surface area contributed by atoms with Crippen molar-refractivity contribution in [3.63, 3.8) is 0 Å². The zero-order chi connectivity index (χ0) is 18.0. The number of carbonyl (C=O) groups excluding carboxylic acids is 1. The number of hydrogen-bond donors (Lipinski definition) is 1. The van der Waals surface area contributed by atoms with Gasteiger partial charge in [0.15, 0.2) is 5.82 Å². The molecule has 3 rings (SSSR count). The molecule has 2 aromatic rings. The molecule has 0 spiro atoms. The van der Waals surface area contributed by atoms with Crippen LogP contribution in [0.5, 0.6) is 0 Å². The van der Waals surface area contributed by atoms with Crippen molar-refractivity contribution in [1.82, 2.24) is 19.6 Å². The second-order valence-electron chi connectivity index (χ2n) is 6.79. The van der Waals surface area contributed by atoms with E-state index in [1.165, 1.54) is 5.69 Å². The number of carbonyl (C=O) groups is 1. The molecule has 1 amide bonds. The van der Waals surface area contributed by atoms with Gasteiger partial charge in [0.25, 0.3) is 0 Å². The summed E-state index contributed by atoms with van der Waals surface area (Å²) >= 11 is 0. The number of nitrogens with zero attached hydrogens (tertiary/aromatic N) is 4. The van der Waals surface area contributed by atoms with E-state index in [2.05, 4.69) is 38.8 Å². The molecule has 0 saturated carbocycles. The largest absolute Gasteiger partial charge is 0.360 e. The number of anilines is 1. The predicted molar refractivity (Wildman–Crippen MR) is 95.3 cm³/mol. The molecule has 136 valence electrons. The Labute approximate surface area is 148 Å². The van der Waals surface area contributed by atoms with Crippen LogP contribution in [0.2, 0.25) is 0 Å². The summed E-state index contributed by atoms with van der Waals surface area (Å²) in [5.74, 6) is 2.20. The van der Waals surface area contributed by atoms with Crippen LogP contribution in [0.4, 0.5) is 5.82 Å². The lowest BCUT2D eigenvalue weighted by molar-refractivity contribution is -0.122. The van der Waals surface area contributed by atoms with Gasteiger partial charge in [-0.2, -0.15) is 0 Å². The Bertz CT molecular complexity index is 749. The first-order chi connectivity index (χ1) is 12.0. The van der Waals surface area contributed by atoms with Crippen LogP contribution < -0.4 is 5.32 Å². The van der Waals surface area contributed by atoms with Crippen LogP contribution in [0, 0.1) is 20.8 Å². The molecule has 3 heterocycles. The van der Waals surface area contributed by atoms with Crippen molar-refractivity contribution in [2.75, 3.05) is 11.9 Å². The van der Waals surface area contributed by atoms with Crippen molar-refractivity contribution >= 4 is 11.7 Å². The number of unbranched alkanes of at least 4 members (excludes halogenated alkanes) is 1. The average molecular weight is 345 g/mol. The maximum Gasteiger partial charge on any atom is 0.242 e. The molecular formula is C18H27N5O2. The highest BCUT2D eigenvalue weighted by molar-refractivity contribution is 5.94. The fourth-order valence-corrected chi connectivity index (χ4v) is 3.41. The van der Waals surface area contributed by atoms with Crippen molar-refractivity contribution in [1.29, 1.82) is 0 Å². The van der Waals surface area contributed by atoms with Crippen molar-refractivity contribution in [3.05, 3.63) is 29.0 Å². The Morgan fingerprint density at radius 3 is 2.84 bits per heavy atom. The van der Waals surface area contributed by atoms with E-state index in [-0.39, 0.29) is 11.9 Å². The van der Waals surface area contributed by atoms with E-state index in [0.29, 0.717) is 18.1 Å². The van der Waals surface area contributed by atoms with E-state index in [4.69, 9.17) is 4.52 Å². The third-order valence-electron chi connectivity index (χ3n) is 4.95. The third-order valence-corrected chi connectivity index (χ3v) is 4.95. The number of fused-ring (bicyclic) bond motifs is 1. The second kappa shape index (κ2) is 7.39. The first-order valence-electron chi connectivity index (χ1n) is 9.00. The normalized spacial score (nSPS) is 15.8. The number of imidazole rings is 1. The van der Waals surface area contributed by atoms with Crippen LogP contribution >= 0.6 is 0 Å². The fraction of sp³-hybridized carbons (Fsp3) is 0.611. The van der Waals surface area contributed by atoms with Gasteiger partial charge in [0.05, 0.1) is 18.3 Å². The van der Waals surface area contributed by atoms with Gasteiger partial charge in [-0.3, -0.25) is 9.69 Å². The third kappa shape index (κ3) is 3.76. The molecule has 1 atom stereocenters.